The van der Waals surface area contributed by atoms with Gasteiger partial charge in [-0.2, -0.15) is 4.68 Å². The Morgan fingerprint density at radius 2 is 1.69 bits per heavy atom. The topological polar surface area (TPSA) is 91.2 Å². The van der Waals surface area contributed by atoms with Crippen molar-refractivity contribution >= 4 is 23.4 Å². The van der Waals surface area contributed by atoms with Crippen molar-refractivity contribution in [2.45, 2.75) is 12.1 Å². The number of carbonyl (C=O) groups excluding carboxylic acids is 1. The molecule has 0 atom stereocenters. The molecule has 1 heterocycles. The highest BCUT2D eigenvalue weighted by molar-refractivity contribution is 7.99. The Kier molecular flexibility index (Phi) is 6.98. The smallest absolute Gasteiger partial charge is 0.234 e. The van der Waals surface area contributed by atoms with Crippen molar-refractivity contribution in [2.24, 2.45) is 0 Å². The van der Waals surface area contributed by atoms with Gasteiger partial charge in [0.25, 0.3) is 0 Å². The SMILES string of the molecule is CCOc1ccccc1-n1nnnc1SCC(=O)Nc1ccccc1Oc1ccccc1. The summed E-state index contributed by atoms with van der Waals surface area (Å²) in [6.07, 6.45) is 0. The van der Waals surface area contributed by atoms with Crippen molar-refractivity contribution in [2.75, 3.05) is 17.7 Å². The molecule has 162 valence electrons. The van der Waals surface area contributed by atoms with Crippen molar-refractivity contribution in [1.29, 1.82) is 0 Å². The largest absolute Gasteiger partial charge is 0.492 e. The van der Waals surface area contributed by atoms with E-state index in [9.17, 15) is 4.79 Å². The van der Waals surface area contributed by atoms with Crippen molar-refractivity contribution in [3.05, 3.63) is 78.9 Å². The van der Waals surface area contributed by atoms with Gasteiger partial charge < -0.3 is 14.8 Å². The molecule has 1 amide bonds. The van der Waals surface area contributed by atoms with E-state index in [0.717, 1.165) is 0 Å². The van der Waals surface area contributed by atoms with Crippen LogP contribution in [-0.2, 0) is 4.79 Å². The van der Waals surface area contributed by atoms with E-state index in [1.165, 1.54) is 11.8 Å². The molecule has 0 saturated heterocycles. The molecule has 0 spiro atoms. The van der Waals surface area contributed by atoms with Crippen LogP contribution >= 0.6 is 11.8 Å². The molecular formula is C23H21N5O3S. The van der Waals surface area contributed by atoms with E-state index in [1.807, 2.05) is 73.7 Å². The third kappa shape index (κ3) is 5.25. The minimum absolute atomic E-state index is 0.122. The number of carbonyl (C=O) groups is 1. The molecule has 0 fully saturated rings. The highest BCUT2D eigenvalue weighted by Gasteiger charge is 2.15. The zero-order valence-electron chi connectivity index (χ0n) is 17.3. The number of benzene rings is 3. The van der Waals surface area contributed by atoms with Gasteiger partial charge in [0.2, 0.25) is 11.1 Å². The monoisotopic (exact) mass is 447 g/mol. The number of aromatic nitrogens is 4. The quantitative estimate of drug-likeness (QED) is 0.375. The van der Waals surface area contributed by atoms with Crippen molar-refractivity contribution in [3.8, 4) is 22.9 Å². The van der Waals surface area contributed by atoms with E-state index in [2.05, 4.69) is 20.8 Å². The predicted octanol–water partition coefficient (Wildman–Crippen LogP) is 4.58. The number of tetrazole rings is 1. The molecule has 4 rings (SSSR count). The van der Waals surface area contributed by atoms with Gasteiger partial charge in [0.05, 0.1) is 18.0 Å². The molecule has 0 aliphatic rings. The molecular weight excluding hydrogens is 426 g/mol. The second kappa shape index (κ2) is 10.5. The maximum Gasteiger partial charge on any atom is 0.234 e. The zero-order valence-corrected chi connectivity index (χ0v) is 18.2. The first-order chi connectivity index (χ1) is 15.7. The Bertz CT molecular complexity index is 1180. The lowest BCUT2D eigenvalue weighted by atomic mass is 10.3. The average molecular weight is 448 g/mol. The summed E-state index contributed by atoms with van der Waals surface area (Å²) in [6, 6.07) is 24.2. The van der Waals surface area contributed by atoms with Crippen LogP contribution in [0.1, 0.15) is 6.92 Å². The lowest BCUT2D eigenvalue weighted by Crippen LogP contribution is -2.15. The fraction of sp³-hybridized carbons (Fsp3) is 0.130. The minimum Gasteiger partial charge on any atom is -0.492 e. The summed E-state index contributed by atoms with van der Waals surface area (Å²) in [4.78, 5) is 12.6. The van der Waals surface area contributed by atoms with Gasteiger partial charge in [0.15, 0.2) is 5.75 Å². The molecule has 1 aromatic heterocycles. The molecule has 0 radical (unpaired) electrons. The van der Waals surface area contributed by atoms with Crippen LogP contribution in [0.25, 0.3) is 5.69 Å². The van der Waals surface area contributed by atoms with Crippen LogP contribution in [0.15, 0.2) is 84.0 Å². The van der Waals surface area contributed by atoms with E-state index in [0.29, 0.717) is 40.4 Å². The van der Waals surface area contributed by atoms with Crippen LogP contribution < -0.4 is 14.8 Å². The van der Waals surface area contributed by atoms with Gasteiger partial charge in [-0.05, 0) is 53.7 Å². The number of anilines is 1. The van der Waals surface area contributed by atoms with Crippen LogP contribution in [0, 0.1) is 0 Å². The standard InChI is InChI=1S/C23H21N5O3S/c1-2-30-21-15-9-7-13-19(21)28-23(25-26-27-28)32-16-22(29)24-18-12-6-8-14-20(18)31-17-10-4-3-5-11-17/h3-15H,2,16H2,1H3,(H,24,29). The number of hydrogen-bond acceptors (Lipinski definition) is 7. The summed E-state index contributed by atoms with van der Waals surface area (Å²) in [7, 11) is 0. The highest BCUT2D eigenvalue weighted by Crippen LogP contribution is 2.30. The number of hydrogen-bond donors (Lipinski definition) is 1. The number of para-hydroxylation sites is 5. The van der Waals surface area contributed by atoms with Crippen molar-refractivity contribution in [1.82, 2.24) is 20.2 Å². The summed E-state index contributed by atoms with van der Waals surface area (Å²) in [5, 5.41) is 15.2. The number of rotatable bonds is 9. The predicted molar refractivity (Wildman–Crippen MR) is 123 cm³/mol. The molecule has 0 saturated carbocycles. The number of nitrogens with zero attached hydrogens (tertiary/aromatic N) is 4. The van der Waals surface area contributed by atoms with Gasteiger partial charge in [0.1, 0.15) is 17.2 Å². The molecule has 4 aromatic rings. The maximum atomic E-state index is 12.6. The van der Waals surface area contributed by atoms with Crippen LogP contribution in [0.4, 0.5) is 5.69 Å². The van der Waals surface area contributed by atoms with Crippen molar-refractivity contribution in [3.63, 3.8) is 0 Å². The summed E-state index contributed by atoms with van der Waals surface area (Å²) in [6.45, 7) is 2.43. The van der Waals surface area contributed by atoms with Gasteiger partial charge in [0, 0.05) is 0 Å². The third-order valence-corrected chi connectivity index (χ3v) is 5.22. The first kappa shape index (κ1) is 21.4. The summed E-state index contributed by atoms with van der Waals surface area (Å²) >= 11 is 1.23. The fourth-order valence-electron chi connectivity index (χ4n) is 2.92. The molecule has 9 heteroatoms. The number of amides is 1. The second-order valence-corrected chi connectivity index (χ2v) is 7.46. The van der Waals surface area contributed by atoms with E-state index in [-0.39, 0.29) is 11.7 Å². The van der Waals surface area contributed by atoms with E-state index < -0.39 is 0 Å². The molecule has 0 aliphatic heterocycles. The highest BCUT2D eigenvalue weighted by atomic mass is 32.2. The van der Waals surface area contributed by atoms with Crippen LogP contribution in [0.3, 0.4) is 0 Å². The van der Waals surface area contributed by atoms with Crippen LogP contribution in [0.2, 0.25) is 0 Å². The Hall–Kier alpha value is -3.85. The van der Waals surface area contributed by atoms with E-state index in [4.69, 9.17) is 9.47 Å². The van der Waals surface area contributed by atoms with Gasteiger partial charge in [-0.25, -0.2) is 0 Å². The zero-order chi connectivity index (χ0) is 22.2. The van der Waals surface area contributed by atoms with Gasteiger partial charge >= 0.3 is 0 Å². The molecule has 8 nitrogen and oxygen atoms in total. The average Bonchev–Trinajstić information content (AvgIpc) is 3.29. The Morgan fingerprint density at radius 3 is 2.50 bits per heavy atom. The second-order valence-electron chi connectivity index (χ2n) is 6.52. The van der Waals surface area contributed by atoms with Gasteiger partial charge in [-0.3, -0.25) is 4.79 Å². The summed E-state index contributed by atoms with van der Waals surface area (Å²) < 4.78 is 13.1. The Morgan fingerprint density at radius 1 is 0.969 bits per heavy atom. The molecule has 0 aliphatic carbocycles. The minimum atomic E-state index is -0.202. The maximum absolute atomic E-state index is 12.6. The molecule has 3 aromatic carbocycles. The first-order valence-electron chi connectivity index (χ1n) is 9.99. The number of thioether (sulfide) groups is 1. The van der Waals surface area contributed by atoms with Crippen LogP contribution in [-0.4, -0.2) is 38.5 Å². The molecule has 32 heavy (non-hydrogen) atoms. The molecule has 0 bridgehead atoms. The lowest BCUT2D eigenvalue weighted by Gasteiger charge is -2.12. The van der Waals surface area contributed by atoms with Crippen LogP contribution in [0.5, 0.6) is 17.2 Å². The summed E-state index contributed by atoms with van der Waals surface area (Å²) in [5.74, 6) is 1.84. The fourth-order valence-corrected chi connectivity index (χ4v) is 3.60. The molecule has 1 N–H and O–H groups in total. The normalized spacial score (nSPS) is 10.5. The Balaban J connectivity index is 1.43. The summed E-state index contributed by atoms with van der Waals surface area (Å²) in [5.41, 5.74) is 1.30. The molecule has 0 unspecified atom stereocenters. The van der Waals surface area contributed by atoms with Gasteiger partial charge in [-0.15, -0.1) is 5.10 Å². The van der Waals surface area contributed by atoms with Crippen molar-refractivity contribution < 1.29 is 14.3 Å². The van der Waals surface area contributed by atoms with E-state index in [1.54, 1.807) is 16.8 Å². The first-order valence-corrected chi connectivity index (χ1v) is 11.0. The third-order valence-electron chi connectivity index (χ3n) is 4.30. The number of ether oxygens (including phenoxy) is 2. The number of nitrogens with one attached hydrogen (secondary N) is 1. The van der Waals surface area contributed by atoms with Gasteiger partial charge in [-0.1, -0.05) is 54.2 Å². The van der Waals surface area contributed by atoms with E-state index >= 15 is 0 Å². The lowest BCUT2D eigenvalue weighted by molar-refractivity contribution is -0.113. The Labute approximate surface area is 189 Å².